The number of carbonyl (C=O) groups is 1. The molecular formula is C18H35N3O3S. The van der Waals surface area contributed by atoms with Gasteiger partial charge in [0, 0.05) is 32.7 Å². The molecular weight excluding hydrogens is 338 g/mol. The van der Waals surface area contributed by atoms with Crippen LogP contribution in [0.5, 0.6) is 0 Å². The molecule has 1 amide bonds. The topological polar surface area (TPSA) is 69.7 Å². The normalized spacial score (nSPS) is 29.5. The van der Waals surface area contributed by atoms with E-state index in [4.69, 9.17) is 0 Å². The molecule has 2 rings (SSSR count). The summed E-state index contributed by atoms with van der Waals surface area (Å²) in [5.74, 6) is 1.43. The minimum Gasteiger partial charge on any atom is -0.356 e. The van der Waals surface area contributed by atoms with Crippen LogP contribution in [-0.2, 0) is 14.8 Å². The molecule has 0 unspecified atom stereocenters. The molecule has 25 heavy (non-hydrogen) atoms. The van der Waals surface area contributed by atoms with Crippen molar-refractivity contribution in [2.45, 2.75) is 46.5 Å². The molecule has 7 heteroatoms. The molecule has 0 radical (unpaired) electrons. The van der Waals surface area contributed by atoms with Gasteiger partial charge in [0.05, 0.1) is 11.7 Å². The van der Waals surface area contributed by atoms with Crippen molar-refractivity contribution in [1.29, 1.82) is 0 Å². The fraction of sp³-hybridized carbons (Fsp3) is 0.944. The Kier molecular flexibility index (Phi) is 7.70. The van der Waals surface area contributed by atoms with E-state index in [2.05, 4.69) is 24.1 Å². The molecule has 0 bridgehead atoms. The Morgan fingerprint density at radius 3 is 2.48 bits per heavy atom. The summed E-state index contributed by atoms with van der Waals surface area (Å²) in [6.45, 7) is 11.2. The lowest BCUT2D eigenvalue weighted by Crippen LogP contribution is -2.46. The van der Waals surface area contributed by atoms with Crippen LogP contribution in [0.1, 0.15) is 46.5 Å². The first-order valence-corrected chi connectivity index (χ1v) is 11.4. The molecule has 1 N–H and O–H groups in total. The number of hydrogen-bond acceptors (Lipinski definition) is 4. The van der Waals surface area contributed by atoms with E-state index < -0.39 is 10.0 Å². The zero-order chi connectivity index (χ0) is 18.4. The lowest BCUT2D eigenvalue weighted by atomic mass is 9.92. The Morgan fingerprint density at radius 1 is 1.16 bits per heavy atom. The van der Waals surface area contributed by atoms with Gasteiger partial charge in [0.2, 0.25) is 15.9 Å². The Balaban J connectivity index is 1.69. The first-order valence-electron chi connectivity index (χ1n) is 9.79. The second kappa shape index (κ2) is 9.33. The summed E-state index contributed by atoms with van der Waals surface area (Å²) in [6, 6.07) is 0. The van der Waals surface area contributed by atoms with Crippen molar-refractivity contribution >= 4 is 15.9 Å². The highest BCUT2D eigenvalue weighted by atomic mass is 32.2. The van der Waals surface area contributed by atoms with E-state index in [0.29, 0.717) is 19.6 Å². The maximum absolute atomic E-state index is 12.4. The molecule has 0 spiro atoms. The average Bonchev–Trinajstić information content (AvgIpc) is 2.58. The third-order valence-corrected chi connectivity index (χ3v) is 7.26. The lowest BCUT2D eigenvalue weighted by molar-refractivity contribution is -0.126. The van der Waals surface area contributed by atoms with Crippen LogP contribution < -0.4 is 5.32 Å². The molecule has 0 aromatic heterocycles. The van der Waals surface area contributed by atoms with Crippen molar-refractivity contribution in [1.82, 2.24) is 14.5 Å². The number of nitrogens with one attached hydrogen (secondary N) is 1. The quantitative estimate of drug-likeness (QED) is 0.687. The number of hydrogen-bond donors (Lipinski definition) is 1. The van der Waals surface area contributed by atoms with Crippen molar-refractivity contribution in [2.75, 3.05) is 45.0 Å². The van der Waals surface area contributed by atoms with Crippen molar-refractivity contribution in [2.24, 2.45) is 17.8 Å². The summed E-state index contributed by atoms with van der Waals surface area (Å²) in [7, 11) is -3.19. The van der Waals surface area contributed by atoms with Gasteiger partial charge in [-0.2, -0.15) is 0 Å². The summed E-state index contributed by atoms with van der Waals surface area (Å²) >= 11 is 0. The summed E-state index contributed by atoms with van der Waals surface area (Å²) in [4.78, 5) is 14.9. The molecule has 146 valence electrons. The van der Waals surface area contributed by atoms with Gasteiger partial charge in [-0.3, -0.25) is 4.79 Å². The SMILES string of the molecule is CCS(=O)(=O)N1CCC[C@@H](C(=O)NCCCN2C[C@H](C)C[C@H](C)C2)C1. The van der Waals surface area contributed by atoms with Crippen molar-refractivity contribution < 1.29 is 13.2 Å². The van der Waals surface area contributed by atoms with E-state index in [9.17, 15) is 13.2 Å². The van der Waals surface area contributed by atoms with Gasteiger partial charge in [-0.05, 0) is 51.0 Å². The van der Waals surface area contributed by atoms with Crippen LogP contribution in [-0.4, -0.2) is 68.6 Å². The van der Waals surface area contributed by atoms with Gasteiger partial charge in [0.15, 0.2) is 0 Å². The van der Waals surface area contributed by atoms with Crippen molar-refractivity contribution in [3.05, 3.63) is 0 Å². The third kappa shape index (κ3) is 6.22. The van der Waals surface area contributed by atoms with Gasteiger partial charge in [0.1, 0.15) is 0 Å². The lowest BCUT2D eigenvalue weighted by Gasteiger charge is -2.35. The first-order chi connectivity index (χ1) is 11.8. The summed E-state index contributed by atoms with van der Waals surface area (Å²) < 4.78 is 25.5. The highest BCUT2D eigenvalue weighted by molar-refractivity contribution is 7.89. The molecule has 0 saturated carbocycles. The third-order valence-electron chi connectivity index (χ3n) is 5.41. The number of rotatable bonds is 7. The number of nitrogens with zero attached hydrogens (tertiary/aromatic N) is 2. The van der Waals surface area contributed by atoms with Gasteiger partial charge in [-0.1, -0.05) is 13.8 Å². The van der Waals surface area contributed by atoms with E-state index in [-0.39, 0.29) is 17.6 Å². The molecule has 3 atom stereocenters. The number of piperidine rings is 2. The van der Waals surface area contributed by atoms with Gasteiger partial charge >= 0.3 is 0 Å². The summed E-state index contributed by atoms with van der Waals surface area (Å²) in [6.07, 6.45) is 3.81. The second-order valence-electron chi connectivity index (χ2n) is 7.95. The van der Waals surface area contributed by atoms with E-state index >= 15 is 0 Å². The van der Waals surface area contributed by atoms with Crippen LogP contribution >= 0.6 is 0 Å². The van der Waals surface area contributed by atoms with Crippen LogP contribution in [0.15, 0.2) is 0 Å². The van der Waals surface area contributed by atoms with Crippen LogP contribution in [0.2, 0.25) is 0 Å². The maximum atomic E-state index is 12.4. The monoisotopic (exact) mass is 373 g/mol. The predicted octanol–water partition coefficient (Wildman–Crippen LogP) is 1.53. The Morgan fingerprint density at radius 2 is 1.84 bits per heavy atom. The van der Waals surface area contributed by atoms with Gasteiger partial charge in [-0.15, -0.1) is 0 Å². The van der Waals surface area contributed by atoms with E-state index in [1.807, 2.05) is 0 Å². The van der Waals surface area contributed by atoms with Crippen LogP contribution in [0.3, 0.4) is 0 Å². The van der Waals surface area contributed by atoms with Gasteiger partial charge in [-0.25, -0.2) is 12.7 Å². The molecule has 2 fully saturated rings. The second-order valence-corrected chi connectivity index (χ2v) is 10.2. The number of likely N-dealkylation sites (tertiary alicyclic amines) is 1. The first kappa shape index (κ1) is 20.6. The molecule has 2 aliphatic rings. The smallest absolute Gasteiger partial charge is 0.224 e. The van der Waals surface area contributed by atoms with Crippen molar-refractivity contribution in [3.8, 4) is 0 Å². The Bertz CT molecular complexity index is 528. The Hall–Kier alpha value is -0.660. The van der Waals surface area contributed by atoms with Crippen LogP contribution in [0.4, 0.5) is 0 Å². The maximum Gasteiger partial charge on any atom is 0.224 e. The fourth-order valence-electron chi connectivity index (χ4n) is 4.22. The van der Waals surface area contributed by atoms with Crippen molar-refractivity contribution in [3.63, 3.8) is 0 Å². The Labute approximate surface area is 153 Å². The highest BCUT2D eigenvalue weighted by Crippen LogP contribution is 2.21. The largest absolute Gasteiger partial charge is 0.356 e. The molecule has 0 aromatic carbocycles. The van der Waals surface area contributed by atoms with Gasteiger partial charge in [0.25, 0.3) is 0 Å². The van der Waals surface area contributed by atoms with E-state index in [1.54, 1.807) is 6.92 Å². The number of amides is 1. The highest BCUT2D eigenvalue weighted by Gasteiger charge is 2.31. The molecule has 2 saturated heterocycles. The molecule has 0 aromatic rings. The molecule has 2 heterocycles. The summed E-state index contributed by atoms with van der Waals surface area (Å²) in [5, 5.41) is 3.02. The molecule has 2 aliphatic heterocycles. The molecule has 0 aliphatic carbocycles. The number of sulfonamides is 1. The standard InChI is InChI=1S/C18H35N3O3S/c1-4-25(23,24)21-10-5-7-17(14-21)18(22)19-8-6-9-20-12-15(2)11-16(3)13-20/h15-17H,4-14H2,1-3H3,(H,19,22)/t15-,16+,17-/m1/s1. The van der Waals surface area contributed by atoms with Crippen LogP contribution in [0, 0.1) is 17.8 Å². The minimum absolute atomic E-state index is 0.0105. The predicted molar refractivity (Wildman–Crippen MR) is 101 cm³/mol. The van der Waals surface area contributed by atoms with E-state index in [0.717, 1.165) is 50.7 Å². The van der Waals surface area contributed by atoms with Gasteiger partial charge < -0.3 is 10.2 Å². The average molecular weight is 374 g/mol. The fourth-order valence-corrected chi connectivity index (χ4v) is 5.40. The van der Waals surface area contributed by atoms with E-state index in [1.165, 1.54) is 10.7 Å². The summed E-state index contributed by atoms with van der Waals surface area (Å²) in [5.41, 5.74) is 0. The number of carbonyl (C=O) groups excluding carboxylic acids is 1. The van der Waals surface area contributed by atoms with Crippen LogP contribution in [0.25, 0.3) is 0 Å². The zero-order valence-corrected chi connectivity index (χ0v) is 16.9. The zero-order valence-electron chi connectivity index (χ0n) is 16.0. The minimum atomic E-state index is -3.19. The molecule has 6 nitrogen and oxygen atoms in total.